The number of ether oxygens (including phenoxy) is 9. The van der Waals surface area contributed by atoms with E-state index in [1.807, 2.05) is 64.3 Å². The zero-order chi connectivity index (χ0) is 68.8. The number of aliphatic hydroxyl groups is 2. The van der Waals surface area contributed by atoms with E-state index in [1.165, 1.54) is 12.0 Å². The van der Waals surface area contributed by atoms with Crippen molar-refractivity contribution in [1.29, 1.82) is 0 Å². The number of cyclic esters (lactones) is 1. The smallest absolute Gasteiger partial charge is 0.410 e. The Bertz CT molecular complexity index is 2790. The molecule has 2 amide bonds. The Morgan fingerprint density at radius 1 is 0.789 bits per heavy atom. The lowest BCUT2D eigenvalue weighted by molar-refractivity contribution is -0.265. The van der Waals surface area contributed by atoms with E-state index in [9.17, 15) is 39.0 Å². The molecule has 6 aliphatic rings. The van der Waals surface area contributed by atoms with Crippen LogP contribution in [0.1, 0.15) is 150 Å². The summed E-state index contributed by atoms with van der Waals surface area (Å²) in [7, 11) is 4.55. The molecule has 1 aromatic rings. The number of carbonyl (C=O) groups is 6. The van der Waals surface area contributed by atoms with Gasteiger partial charge in [-0.25, -0.2) is 19.6 Å². The second kappa shape index (κ2) is 38.1. The molecule has 1 aromatic heterocycles. The van der Waals surface area contributed by atoms with Crippen LogP contribution in [0.2, 0.25) is 0 Å². The predicted octanol–water partition coefficient (Wildman–Crippen LogP) is 7.76. The van der Waals surface area contributed by atoms with E-state index in [2.05, 4.69) is 16.7 Å². The van der Waals surface area contributed by atoms with Crippen LogP contribution in [0.15, 0.2) is 53.8 Å². The third-order valence-electron chi connectivity index (χ3n) is 20.2. The number of methoxy groups -OCH3 is 3. The van der Waals surface area contributed by atoms with Crippen molar-refractivity contribution in [3.05, 3.63) is 65.1 Å². The van der Waals surface area contributed by atoms with Gasteiger partial charge in [0.25, 0.3) is 11.7 Å². The van der Waals surface area contributed by atoms with Crippen molar-refractivity contribution in [2.45, 2.75) is 206 Å². The Kier molecular flexibility index (Phi) is 30.9. The van der Waals surface area contributed by atoms with Crippen LogP contribution >= 0.6 is 0 Å². The van der Waals surface area contributed by atoms with Gasteiger partial charge in [-0.1, -0.05) is 78.0 Å². The average Bonchev–Trinajstić information content (AvgIpc) is 0.794. The summed E-state index contributed by atoms with van der Waals surface area (Å²) in [6.45, 7) is 23.4. The summed E-state index contributed by atoms with van der Waals surface area (Å²) in [6, 6.07) is -1.19. The minimum Gasteiger partial charge on any atom is -0.460 e. The third kappa shape index (κ3) is 21.8. The number of Topliss-reactive ketones (excluding diaryl/α,β-unsaturated/α-hetero) is 3. The highest BCUT2D eigenvalue weighted by Crippen LogP contribution is 2.39. The van der Waals surface area contributed by atoms with Crippen LogP contribution in [0.4, 0.5) is 10.7 Å². The fraction of sp³-hybridized carbons (Fsp3) is 0.750. The monoisotopic (exact) mass is 1330 g/mol. The molecule has 1 unspecified atom stereocenters. The highest BCUT2D eigenvalue weighted by molar-refractivity contribution is 6.39. The van der Waals surface area contributed by atoms with Crippen molar-refractivity contribution in [2.24, 2.45) is 35.5 Å². The number of rotatable bonds is 19. The number of aromatic nitrogens is 2. The van der Waals surface area contributed by atoms with E-state index in [1.54, 1.807) is 46.0 Å². The Balaban J connectivity index is 1.00. The minimum atomic E-state index is -2.47. The molecule has 5 aliphatic heterocycles. The first-order valence-electron chi connectivity index (χ1n) is 35.1. The third-order valence-corrected chi connectivity index (χ3v) is 20.2. The number of aliphatic hydroxyl groups excluding tert-OH is 1. The first kappa shape index (κ1) is 77.0. The lowest BCUT2D eigenvalue weighted by Gasteiger charge is -2.42. The van der Waals surface area contributed by atoms with E-state index >= 15 is 0 Å². The summed E-state index contributed by atoms with van der Waals surface area (Å²) in [5, 5.41) is 23.8. The summed E-state index contributed by atoms with van der Waals surface area (Å²) in [4.78, 5) is 103. The molecule has 7 rings (SSSR count). The maximum absolute atomic E-state index is 14.8. The quantitative estimate of drug-likeness (QED) is 0.0580. The average molecular weight is 1330 g/mol. The lowest BCUT2D eigenvalue weighted by atomic mass is 9.78. The highest BCUT2D eigenvalue weighted by Gasteiger charge is 2.53. The van der Waals surface area contributed by atoms with Crippen LogP contribution in [-0.4, -0.2) is 232 Å². The molecule has 0 radical (unpaired) electrons. The number of nitrogens with zero attached hydrogens (tertiary/aromatic N) is 6. The highest BCUT2D eigenvalue weighted by atomic mass is 16.6. The second-order valence-corrected chi connectivity index (χ2v) is 27.4. The van der Waals surface area contributed by atoms with Crippen LogP contribution in [0, 0.1) is 35.5 Å². The van der Waals surface area contributed by atoms with E-state index in [0.717, 1.165) is 62.6 Å². The normalized spacial score (nSPS) is 33.3. The number of allylic oxidation sites excluding steroid dienone is 6. The minimum absolute atomic E-state index is 0.00173. The molecule has 0 aromatic carbocycles. The molecule has 0 spiro atoms. The van der Waals surface area contributed by atoms with E-state index in [0.29, 0.717) is 128 Å². The molecular weight excluding hydrogens is 1220 g/mol. The van der Waals surface area contributed by atoms with Gasteiger partial charge in [0.1, 0.15) is 36.2 Å². The number of hydrogen-bond donors (Lipinski definition) is 2. The fourth-order valence-electron chi connectivity index (χ4n) is 14.1. The molecular formula is C72H112N6O17. The number of amides is 2. The number of fused-ring (bicyclic) bond motifs is 4. The SMILES string of the molecule is CCCOCCOCCOCCN1CCN(c2ncc3c(n2)CCN(C(=O)O[C@@H]2CCC(C[C@@H](C)[C@@H]4CC(=O)[C@H](C)/C=C(\C)[C@@H](O)[C@@H](OC)C(=O)[C@H](C)C[C@H](C)/C=C/C=C/C=C(\C)[C@@H](OC)C[C@@H]5CC[C@@H](C)[C@@](O)(O5)C(=O)C(=O)N5CCCC[C@H]5C(=O)O4)C[C@H]2OC)C3)CC1. The van der Waals surface area contributed by atoms with Crippen molar-refractivity contribution < 1.29 is 81.6 Å². The van der Waals surface area contributed by atoms with Crippen molar-refractivity contribution in [2.75, 3.05) is 112 Å². The molecule has 2 bridgehead atoms. The van der Waals surface area contributed by atoms with Crippen molar-refractivity contribution in [1.82, 2.24) is 24.7 Å². The molecule has 23 nitrogen and oxygen atoms in total. The molecule has 4 fully saturated rings. The van der Waals surface area contributed by atoms with Crippen molar-refractivity contribution in [3.63, 3.8) is 0 Å². The van der Waals surface area contributed by atoms with Gasteiger partial charge in [0.05, 0.1) is 63.6 Å². The molecule has 3 saturated heterocycles. The Labute approximate surface area is 564 Å². The number of piperidine rings is 1. The van der Waals surface area contributed by atoms with Gasteiger partial charge in [0.2, 0.25) is 11.7 Å². The number of ketones is 3. The maximum Gasteiger partial charge on any atom is 0.410 e. The summed E-state index contributed by atoms with van der Waals surface area (Å²) >= 11 is 0. The zero-order valence-electron chi connectivity index (χ0n) is 58.6. The van der Waals surface area contributed by atoms with Gasteiger partial charge in [0, 0.05) is 123 Å². The van der Waals surface area contributed by atoms with Gasteiger partial charge in [-0.2, -0.15) is 0 Å². The summed E-state index contributed by atoms with van der Waals surface area (Å²) < 4.78 is 53.3. The van der Waals surface area contributed by atoms with Crippen molar-refractivity contribution >= 4 is 41.3 Å². The first-order chi connectivity index (χ1) is 45.6. The zero-order valence-corrected chi connectivity index (χ0v) is 58.6. The first-order valence-corrected chi connectivity index (χ1v) is 35.1. The van der Waals surface area contributed by atoms with E-state index < -0.39 is 102 Å². The van der Waals surface area contributed by atoms with E-state index in [-0.39, 0.29) is 42.8 Å². The molecule has 532 valence electrons. The molecule has 95 heavy (non-hydrogen) atoms. The van der Waals surface area contributed by atoms with Crippen LogP contribution in [0.3, 0.4) is 0 Å². The van der Waals surface area contributed by atoms with Crippen molar-refractivity contribution in [3.8, 4) is 0 Å². The topological polar surface area (TPSA) is 265 Å². The van der Waals surface area contributed by atoms with Gasteiger partial charge in [-0.05, 0) is 113 Å². The number of piperazine rings is 1. The molecule has 6 heterocycles. The standard InChI is InChI=1S/C72H112N6O17/c1-12-33-90-35-37-92-38-36-91-34-32-75-28-30-76(31-29-75)70-73-45-55-46-77(27-25-57(55)74-70)71(85)94-60-24-22-54(42-63(60)88-10)41-50(5)62-44-59(79)49(4)40-52(7)65(81)66(89-11)64(80)51(6)39-47(2)18-14-13-15-19-48(3)61(87-9)43-56-23-21-53(8)72(86,95-56)67(82)68(83)78-26-17-16-20-58(78)69(84)93-62/h13-15,18-19,40,45,47,49-51,53-54,56,58,60-63,65-66,81,86H,12,16-17,20-39,41-44,46H2,1-11H3/b15-13+,18-14+,48-19+,52-40+/t47-,49-,50-,51-,53-,54?,56+,58+,60-,61+,62+,63-,65-,66+,72-/m1/s1. The van der Waals surface area contributed by atoms with Crippen LogP contribution in [0.25, 0.3) is 0 Å². The lowest BCUT2D eigenvalue weighted by Crippen LogP contribution is -2.61. The number of carbonyl (C=O) groups excluding carboxylic acids is 6. The van der Waals surface area contributed by atoms with Gasteiger partial charge >= 0.3 is 12.1 Å². The summed E-state index contributed by atoms with van der Waals surface area (Å²) in [5.41, 5.74) is 3.03. The molecule has 23 heteroatoms. The Morgan fingerprint density at radius 2 is 1.52 bits per heavy atom. The summed E-state index contributed by atoms with van der Waals surface area (Å²) in [6.07, 6.45) is 13.3. The summed E-state index contributed by atoms with van der Waals surface area (Å²) in [5.74, 6) is -7.78. The molecule has 2 N–H and O–H groups in total. The number of esters is 1. The van der Waals surface area contributed by atoms with E-state index in [4.69, 9.17) is 52.6 Å². The number of anilines is 1. The van der Waals surface area contributed by atoms with Gasteiger partial charge in [-0.15, -0.1) is 0 Å². The van der Waals surface area contributed by atoms with Crippen LogP contribution in [0.5, 0.6) is 0 Å². The Morgan fingerprint density at radius 3 is 2.22 bits per heavy atom. The largest absolute Gasteiger partial charge is 0.460 e. The van der Waals surface area contributed by atoms with Crippen LogP contribution in [-0.2, 0) is 79.6 Å². The van der Waals surface area contributed by atoms with Gasteiger partial charge in [-0.3, -0.25) is 24.1 Å². The maximum atomic E-state index is 14.8. The molecule has 1 saturated carbocycles. The fourth-order valence-corrected chi connectivity index (χ4v) is 14.1. The second-order valence-electron chi connectivity index (χ2n) is 27.4. The Hall–Kier alpha value is -5.34. The predicted molar refractivity (Wildman–Crippen MR) is 357 cm³/mol. The van der Waals surface area contributed by atoms with Gasteiger partial charge in [0.15, 0.2) is 5.78 Å². The molecule has 1 aliphatic carbocycles. The van der Waals surface area contributed by atoms with Gasteiger partial charge < -0.3 is 67.5 Å². The number of hydrogen-bond acceptors (Lipinski definition) is 21. The molecule has 15 atom stereocenters. The van der Waals surface area contributed by atoms with Crippen LogP contribution < -0.4 is 4.90 Å².